The minimum absolute atomic E-state index is 0.0289. The number of hydrogen-bond donors (Lipinski definition) is 2. The predicted octanol–water partition coefficient (Wildman–Crippen LogP) is 3.09. The van der Waals surface area contributed by atoms with E-state index in [0.717, 1.165) is 17.4 Å². The van der Waals surface area contributed by atoms with Crippen molar-refractivity contribution in [2.24, 2.45) is 21.1 Å². The molecule has 2 heterocycles. The second-order valence-electron chi connectivity index (χ2n) is 7.52. The summed E-state index contributed by atoms with van der Waals surface area (Å²) in [5.74, 6) is -3.23. The van der Waals surface area contributed by atoms with E-state index in [9.17, 15) is 18.8 Å². The molecule has 1 aliphatic rings. The van der Waals surface area contributed by atoms with Crippen LogP contribution >= 0.6 is 11.3 Å². The third-order valence-electron chi connectivity index (χ3n) is 4.48. The van der Waals surface area contributed by atoms with Crippen LogP contribution in [-0.2, 0) is 16.0 Å². The quantitative estimate of drug-likeness (QED) is 0.299. The van der Waals surface area contributed by atoms with Crippen LogP contribution in [0.4, 0.5) is 4.39 Å². The molecular weight excluding hydrogens is 435 g/mol. The van der Waals surface area contributed by atoms with Crippen LogP contribution in [0.2, 0.25) is 0 Å². The van der Waals surface area contributed by atoms with E-state index in [1.165, 1.54) is 36.6 Å². The maximum atomic E-state index is 14.1. The summed E-state index contributed by atoms with van der Waals surface area (Å²) >= 11 is 1.11. The number of dihydropyridines is 1. The molecule has 3 rings (SSSR count). The van der Waals surface area contributed by atoms with Gasteiger partial charge in [-0.3, -0.25) is 15.0 Å². The fourth-order valence-corrected chi connectivity index (χ4v) is 3.84. The largest absolute Gasteiger partial charge is 0.419 e. The first-order chi connectivity index (χ1) is 15.1. The summed E-state index contributed by atoms with van der Waals surface area (Å²) in [7, 11) is 0. The number of carbonyl (C=O) groups excluding carboxylic acids is 3. The zero-order valence-corrected chi connectivity index (χ0v) is 18.0. The van der Waals surface area contributed by atoms with Gasteiger partial charge in [0.1, 0.15) is 16.4 Å². The van der Waals surface area contributed by atoms with Gasteiger partial charge in [0.05, 0.1) is 5.41 Å². The van der Waals surface area contributed by atoms with Crippen molar-refractivity contribution >= 4 is 46.9 Å². The van der Waals surface area contributed by atoms with Crippen LogP contribution < -0.4 is 10.5 Å². The highest BCUT2D eigenvalue weighted by atomic mass is 32.1. The van der Waals surface area contributed by atoms with Gasteiger partial charge >= 0.3 is 5.97 Å². The maximum Gasteiger partial charge on any atom is 0.353 e. The van der Waals surface area contributed by atoms with E-state index in [-0.39, 0.29) is 34.2 Å². The lowest BCUT2D eigenvalue weighted by Crippen LogP contribution is -2.27. The lowest BCUT2D eigenvalue weighted by molar-refractivity contribution is -0.126. The van der Waals surface area contributed by atoms with Gasteiger partial charge in [-0.05, 0) is 48.9 Å². The number of amides is 2. The molecule has 2 amide bonds. The third-order valence-corrected chi connectivity index (χ3v) is 5.54. The average Bonchev–Trinajstić information content (AvgIpc) is 3.19. The second kappa shape index (κ2) is 9.15. The van der Waals surface area contributed by atoms with Crippen molar-refractivity contribution in [1.29, 1.82) is 5.41 Å². The molecule has 0 aliphatic carbocycles. The van der Waals surface area contributed by atoms with E-state index in [1.807, 2.05) is 0 Å². The molecule has 0 bridgehead atoms. The topological polar surface area (TPSA) is 135 Å². The monoisotopic (exact) mass is 454 g/mol. The van der Waals surface area contributed by atoms with Gasteiger partial charge in [-0.2, -0.15) is 0 Å². The van der Waals surface area contributed by atoms with E-state index in [4.69, 9.17) is 15.9 Å². The summed E-state index contributed by atoms with van der Waals surface area (Å²) < 4.78 is 19.2. The fourth-order valence-electron chi connectivity index (χ4n) is 2.72. The van der Waals surface area contributed by atoms with Crippen molar-refractivity contribution in [1.82, 2.24) is 0 Å². The zero-order valence-electron chi connectivity index (χ0n) is 17.2. The summed E-state index contributed by atoms with van der Waals surface area (Å²) in [6, 6.07) is 6.82. The SMILES string of the molecule is CC(C)(Cc1ccc(C(=O)Oc2ccc(C(=N)N)cc2F)s1)C(=O)N=C1C=CC=NC1=O. The van der Waals surface area contributed by atoms with Gasteiger partial charge < -0.3 is 10.5 Å². The molecule has 0 unspecified atom stereocenters. The van der Waals surface area contributed by atoms with Crippen molar-refractivity contribution in [2.75, 3.05) is 0 Å². The first-order valence-electron chi connectivity index (χ1n) is 9.40. The number of hydrogen-bond acceptors (Lipinski definition) is 6. The molecule has 0 radical (unpaired) electrons. The van der Waals surface area contributed by atoms with Crippen molar-refractivity contribution in [2.45, 2.75) is 20.3 Å². The van der Waals surface area contributed by atoms with Crippen molar-refractivity contribution < 1.29 is 23.5 Å². The number of rotatable bonds is 6. The molecule has 1 aromatic heterocycles. The number of amidine groups is 1. The molecule has 3 N–H and O–H groups in total. The predicted molar refractivity (Wildman–Crippen MR) is 119 cm³/mol. The van der Waals surface area contributed by atoms with E-state index in [0.29, 0.717) is 4.88 Å². The minimum atomic E-state index is -0.942. The van der Waals surface area contributed by atoms with E-state index >= 15 is 0 Å². The normalized spacial score (nSPS) is 14.6. The fraction of sp³-hybridized carbons (Fsp3) is 0.182. The molecule has 0 atom stereocenters. The van der Waals surface area contributed by atoms with Gasteiger partial charge in [0.25, 0.3) is 11.8 Å². The molecule has 0 fully saturated rings. The Morgan fingerprint density at radius 1 is 1.28 bits per heavy atom. The smallest absolute Gasteiger partial charge is 0.353 e. The third kappa shape index (κ3) is 5.27. The highest BCUT2D eigenvalue weighted by Crippen LogP contribution is 2.29. The molecule has 0 saturated heterocycles. The van der Waals surface area contributed by atoms with Crippen LogP contribution in [0.1, 0.15) is 34.0 Å². The number of nitrogens with two attached hydrogens (primary N) is 1. The summed E-state index contributed by atoms with van der Waals surface area (Å²) in [6.07, 6.45) is 4.54. The number of esters is 1. The number of allylic oxidation sites excluding steroid dienone is 1. The Kier molecular flexibility index (Phi) is 6.54. The van der Waals surface area contributed by atoms with Gasteiger partial charge in [-0.1, -0.05) is 13.8 Å². The molecular formula is C22H19FN4O4S. The van der Waals surface area contributed by atoms with E-state index < -0.39 is 29.0 Å². The number of nitrogen functional groups attached to an aromatic ring is 1. The van der Waals surface area contributed by atoms with Crippen LogP contribution in [-0.4, -0.2) is 35.5 Å². The van der Waals surface area contributed by atoms with Crippen molar-refractivity contribution in [3.8, 4) is 5.75 Å². The molecule has 8 nitrogen and oxygen atoms in total. The Morgan fingerprint density at radius 2 is 2.03 bits per heavy atom. The first-order valence-corrected chi connectivity index (χ1v) is 10.2. The Labute approximate surface area is 186 Å². The minimum Gasteiger partial charge on any atom is -0.419 e. The Bertz CT molecular complexity index is 1210. The lowest BCUT2D eigenvalue weighted by Gasteiger charge is -2.19. The van der Waals surface area contributed by atoms with Gasteiger partial charge in [0.2, 0.25) is 0 Å². The highest BCUT2D eigenvalue weighted by Gasteiger charge is 2.30. The average molecular weight is 454 g/mol. The summed E-state index contributed by atoms with van der Waals surface area (Å²) in [6.45, 7) is 3.37. The maximum absolute atomic E-state index is 14.1. The summed E-state index contributed by atoms with van der Waals surface area (Å²) in [5.41, 5.74) is 4.52. The van der Waals surface area contributed by atoms with E-state index in [1.54, 1.807) is 19.9 Å². The molecule has 0 spiro atoms. The first kappa shape index (κ1) is 22.9. The highest BCUT2D eigenvalue weighted by molar-refractivity contribution is 7.14. The summed E-state index contributed by atoms with van der Waals surface area (Å²) in [5, 5.41) is 7.31. The number of benzene rings is 1. The van der Waals surface area contributed by atoms with Gasteiger partial charge in [-0.25, -0.2) is 19.2 Å². The summed E-state index contributed by atoms with van der Waals surface area (Å²) in [4.78, 5) is 45.1. The van der Waals surface area contributed by atoms with Crippen molar-refractivity contribution in [3.05, 3.63) is 63.6 Å². The van der Waals surface area contributed by atoms with Gasteiger partial charge in [0.15, 0.2) is 11.6 Å². The van der Waals surface area contributed by atoms with Crippen LogP contribution in [0.3, 0.4) is 0 Å². The number of ether oxygens (including phenoxy) is 1. The van der Waals surface area contributed by atoms with Crippen LogP contribution in [0.5, 0.6) is 5.75 Å². The second-order valence-corrected chi connectivity index (χ2v) is 8.69. The number of halogens is 1. The van der Waals surface area contributed by atoms with Crippen LogP contribution in [0, 0.1) is 16.6 Å². The van der Waals surface area contributed by atoms with Crippen LogP contribution in [0.15, 0.2) is 52.5 Å². The molecule has 1 aliphatic heterocycles. The number of carbonyl (C=O) groups is 3. The number of nitrogens with one attached hydrogen (secondary N) is 1. The van der Waals surface area contributed by atoms with Crippen molar-refractivity contribution in [3.63, 3.8) is 0 Å². The molecule has 10 heteroatoms. The standard InChI is InChI=1S/C22H19FN4O4S/c1-22(2,21(30)27-15-4-3-9-26-19(15)28)11-13-6-8-17(32-13)20(29)31-16-7-5-12(18(24)25)10-14(16)23/h3-10H,11H2,1-2H3,(H3,24,25). The Hall–Kier alpha value is -3.79. The molecule has 32 heavy (non-hydrogen) atoms. The zero-order chi connectivity index (χ0) is 23.5. The molecule has 1 aromatic carbocycles. The molecule has 0 saturated carbocycles. The number of aliphatic imine (C=N–C) groups is 2. The van der Waals surface area contributed by atoms with Gasteiger partial charge in [0, 0.05) is 16.7 Å². The van der Waals surface area contributed by atoms with Crippen LogP contribution in [0.25, 0.3) is 0 Å². The van der Waals surface area contributed by atoms with Gasteiger partial charge in [-0.15, -0.1) is 11.3 Å². The Balaban J connectivity index is 1.69. The number of nitrogens with zero attached hydrogens (tertiary/aromatic N) is 2. The number of thiophene rings is 1. The lowest BCUT2D eigenvalue weighted by atomic mass is 9.87. The Morgan fingerprint density at radius 3 is 2.69 bits per heavy atom. The van der Waals surface area contributed by atoms with E-state index in [2.05, 4.69) is 9.98 Å². The molecule has 2 aromatic rings. The molecule has 164 valence electrons.